The van der Waals surface area contributed by atoms with Gasteiger partial charge in [0.05, 0.1) is 25.6 Å². The molecular formula is C12H21NO8S. The molecule has 22 heavy (non-hydrogen) atoms. The highest BCUT2D eigenvalue weighted by Crippen LogP contribution is 2.24. The minimum absolute atomic E-state index is 0.0214. The van der Waals surface area contributed by atoms with Gasteiger partial charge in [-0.1, -0.05) is 13.3 Å². The number of esters is 1. The zero-order valence-corrected chi connectivity index (χ0v) is 13.3. The maximum absolute atomic E-state index is 12.0. The van der Waals surface area contributed by atoms with E-state index >= 15 is 0 Å². The molecule has 1 aliphatic rings. The molecule has 1 fully saturated rings. The first-order chi connectivity index (χ1) is 10.2. The predicted octanol–water partition coefficient (Wildman–Crippen LogP) is -0.464. The molecule has 0 spiro atoms. The number of hydrogen-bond acceptors (Lipinski definition) is 9. The fourth-order valence-corrected chi connectivity index (χ4v) is 2.63. The van der Waals surface area contributed by atoms with Gasteiger partial charge in [0.1, 0.15) is 5.54 Å². The Morgan fingerprint density at radius 1 is 1.41 bits per heavy atom. The van der Waals surface area contributed by atoms with Crippen molar-refractivity contribution in [2.24, 2.45) is 0 Å². The summed E-state index contributed by atoms with van der Waals surface area (Å²) in [6, 6.07) is 0. The van der Waals surface area contributed by atoms with E-state index in [9.17, 15) is 23.1 Å². The van der Waals surface area contributed by atoms with Crippen molar-refractivity contribution < 1.29 is 36.8 Å². The Labute approximate surface area is 129 Å². The van der Waals surface area contributed by atoms with Crippen molar-refractivity contribution in [2.45, 2.75) is 37.8 Å². The lowest BCUT2D eigenvalue weighted by molar-refractivity contribution is -0.149. The summed E-state index contributed by atoms with van der Waals surface area (Å²) < 4.78 is 36.1. The third-order valence-electron chi connectivity index (χ3n) is 3.11. The maximum atomic E-state index is 12.0. The second-order valence-corrected chi connectivity index (χ2v) is 6.69. The summed E-state index contributed by atoms with van der Waals surface area (Å²) >= 11 is 0. The van der Waals surface area contributed by atoms with Crippen molar-refractivity contribution in [1.82, 2.24) is 5.32 Å². The van der Waals surface area contributed by atoms with E-state index in [4.69, 9.17) is 8.92 Å². The Bertz CT molecular complexity index is 505. The zero-order chi connectivity index (χ0) is 16.8. The highest BCUT2D eigenvalue weighted by atomic mass is 32.2. The van der Waals surface area contributed by atoms with Crippen LogP contribution in [0.3, 0.4) is 0 Å². The lowest BCUT2D eigenvalue weighted by atomic mass is 9.98. The molecule has 1 heterocycles. The molecule has 0 radical (unpaired) electrons. The number of aliphatic hydroxyl groups excluding tert-OH is 1. The van der Waals surface area contributed by atoms with Gasteiger partial charge in [0.25, 0.3) is 10.1 Å². The maximum Gasteiger partial charge on any atom is 0.516 e. The monoisotopic (exact) mass is 339 g/mol. The van der Waals surface area contributed by atoms with E-state index in [-0.39, 0.29) is 19.6 Å². The zero-order valence-electron chi connectivity index (χ0n) is 12.5. The van der Waals surface area contributed by atoms with Crippen LogP contribution < -0.4 is 5.32 Å². The normalized spacial score (nSPS) is 25.0. The summed E-state index contributed by atoms with van der Waals surface area (Å²) in [6.45, 7) is 1.39. The fraction of sp³-hybridized carbons (Fsp3) is 0.833. The van der Waals surface area contributed by atoms with E-state index in [2.05, 4.69) is 10.1 Å². The van der Waals surface area contributed by atoms with Crippen LogP contribution in [-0.2, 0) is 28.6 Å². The van der Waals surface area contributed by atoms with Crippen LogP contribution in [0.25, 0.3) is 0 Å². The Morgan fingerprint density at radius 2 is 2.09 bits per heavy atom. The molecule has 0 amide bonds. The Morgan fingerprint density at radius 3 is 2.64 bits per heavy atom. The van der Waals surface area contributed by atoms with Crippen molar-refractivity contribution in [2.75, 3.05) is 26.0 Å². The summed E-state index contributed by atoms with van der Waals surface area (Å²) in [5.41, 5.74) is -1.58. The van der Waals surface area contributed by atoms with E-state index in [1.165, 1.54) is 0 Å². The topological polar surface area (TPSA) is 128 Å². The van der Waals surface area contributed by atoms with Crippen LogP contribution in [0.5, 0.6) is 0 Å². The lowest BCUT2D eigenvalue weighted by Gasteiger charge is -2.23. The SMILES string of the molecule is CCCCOC(=O)OC(=O)[C@]1(CO)CC(OS(C)(=O)=O)CN1. The number of rotatable bonds is 7. The van der Waals surface area contributed by atoms with Crippen LogP contribution in [0.15, 0.2) is 0 Å². The molecular weight excluding hydrogens is 318 g/mol. The van der Waals surface area contributed by atoms with E-state index in [1.54, 1.807) is 0 Å². The molecule has 1 rings (SSSR count). The Hall–Kier alpha value is -1.23. The Kier molecular flexibility index (Phi) is 6.72. The predicted molar refractivity (Wildman–Crippen MR) is 74.5 cm³/mol. The van der Waals surface area contributed by atoms with E-state index in [0.717, 1.165) is 12.7 Å². The second kappa shape index (κ2) is 7.86. The molecule has 2 atom stereocenters. The highest BCUT2D eigenvalue weighted by molar-refractivity contribution is 7.86. The summed E-state index contributed by atoms with van der Waals surface area (Å²) in [4.78, 5) is 23.4. The first-order valence-corrected chi connectivity index (χ1v) is 8.67. The van der Waals surface area contributed by atoms with Gasteiger partial charge in [0, 0.05) is 13.0 Å². The fourth-order valence-electron chi connectivity index (χ4n) is 2.00. The first-order valence-electron chi connectivity index (χ1n) is 6.85. The molecule has 0 aromatic heterocycles. The molecule has 1 saturated heterocycles. The van der Waals surface area contributed by atoms with Crippen LogP contribution in [0.2, 0.25) is 0 Å². The van der Waals surface area contributed by atoms with Gasteiger partial charge in [-0.15, -0.1) is 0 Å². The van der Waals surface area contributed by atoms with Crippen LogP contribution in [-0.4, -0.2) is 63.3 Å². The molecule has 128 valence electrons. The number of ether oxygens (including phenoxy) is 2. The van der Waals surface area contributed by atoms with Gasteiger partial charge in [-0.2, -0.15) is 8.42 Å². The number of hydrogen-bond donors (Lipinski definition) is 2. The number of carbonyl (C=O) groups is 2. The van der Waals surface area contributed by atoms with Gasteiger partial charge in [0.15, 0.2) is 0 Å². The van der Waals surface area contributed by atoms with Gasteiger partial charge in [-0.05, 0) is 6.42 Å². The number of aliphatic hydroxyl groups is 1. The van der Waals surface area contributed by atoms with Gasteiger partial charge >= 0.3 is 12.1 Å². The molecule has 9 nitrogen and oxygen atoms in total. The molecule has 1 aliphatic heterocycles. The molecule has 0 bridgehead atoms. The number of nitrogens with one attached hydrogen (secondary N) is 1. The van der Waals surface area contributed by atoms with Gasteiger partial charge < -0.3 is 14.6 Å². The van der Waals surface area contributed by atoms with Crippen molar-refractivity contribution >= 4 is 22.2 Å². The first kappa shape index (κ1) is 18.8. The standard InChI is InChI=1S/C12H21NO8S/c1-3-4-5-19-11(16)20-10(15)12(8-14)6-9(7-13-12)21-22(2,17)18/h9,13-14H,3-8H2,1-2H3/t9?,12-/m1/s1. The minimum atomic E-state index is -3.70. The summed E-state index contributed by atoms with van der Waals surface area (Å²) in [7, 11) is -3.70. The van der Waals surface area contributed by atoms with E-state index < -0.39 is 40.5 Å². The number of unbranched alkanes of at least 4 members (excludes halogenated alkanes) is 1. The molecule has 1 unspecified atom stereocenters. The summed E-state index contributed by atoms with van der Waals surface area (Å²) in [5.74, 6) is -1.03. The second-order valence-electron chi connectivity index (χ2n) is 5.09. The lowest BCUT2D eigenvalue weighted by Crippen LogP contribution is -2.52. The molecule has 2 N–H and O–H groups in total. The van der Waals surface area contributed by atoms with Crippen LogP contribution in [0.4, 0.5) is 4.79 Å². The largest absolute Gasteiger partial charge is 0.516 e. The van der Waals surface area contributed by atoms with Gasteiger partial charge in [-0.3, -0.25) is 9.50 Å². The smallest absolute Gasteiger partial charge is 0.434 e. The van der Waals surface area contributed by atoms with Crippen LogP contribution in [0, 0.1) is 0 Å². The van der Waals surface area contributed by atoms with Crippen LogP contribution in [0.1, 0.15) is 26.2 Å². The molecule has 0 aliphatic carbocycles. The average Bonchev–Trinajstić information content (AvgIpc) is 2.81. The molecule has 10 heteroatoms. The quantitative estimate of drug-likeness (QED) is 0.274. The highest BCUT2D eigenvalue weighted by Gasteiger charge is 2.48. The molecule has 0 saturated carbocycles. The van der Waals surface area contributed by atoms with Crippen molar-refractivity contribution in [1.29, 1.82) is 0 Å². The summed E-state index contributed by atoms with van der Waals surface area (Å²) in [6.07, 6.45) is 0.212. The minimum Gasteiger partial charge on any atom is -0.434 e. The van der Waals surface area contributed by atoms with Crippen molar-refractivity contribution in [3.05, 3.63) is 0 Å². The van der Waals surface area contributed by atoms with Gasteiger partial charge in [-0.25, -0.2) is 9.59 Å². The summed E-state index contributed by atoms with van der Waals surface area (Å²) in [5, 5.41) is 12.1. The molecule has 0 aromatic carbocycles. The van der Waals surface area contributed by atoms with Crippen LogP contribution >= 0.6 is 0 Å². The van der Waals surface area contributed by atoms with E-state index in [0.29, 0.717) is 6.42 Å². The number of carbonyl (C=O) groups excluding carboxylic acids is 2. The third-order valence-corrected chi connectivity index (χ3v) is 3.73. The molecule has 0 aromatic rings. The van der Waals surface area contributed by atoms with Crippen molar-refractivity contribution in [3.8, 4) is 0 Å². The average molecular weight is 339 g/mol. The van der Waals surface area contributed by atoms with Crippen molar-refractivity contribution in [3.63, 3.8) is 0 Å². The Balaban J connectivity index is 2.59. The van der Waals surface area contributed by atoms with Gasteiger partial charge in [0.2, 0.25) is 0 Å². The third kappa shape index (κ3) is 5.52. The van der Waals surface area contributed by atoms with E-state index in [1.807, 2.05) is 6.92 Å².